The summed E-state index contributed by atoms with van der Waals surface area (Å²) in [4.78, 5) is 41.2. The summed E-state index contributed by atoms with van der Waals surface area (Å²) in [6.45, 7) is 5.52. The van der Waals surface area contributed by atoms with Crippen molar-refractivity contribution >= 4 is 29.9 Å². The molecule has 0 radical (unpaired) electrons. The molecule has 2 N–H and O–H groups in total. The zero-order valence-corrected chi connectivity index (χ0v) is 23.8. The summed E-state index contributed by atoms with van der Waals surface area (Å²) in [5, 5.41) is 12.8. The fourth-order valence-electron chi connectivity index (χ4n) is 5.57. The highest BCUT2D eigenvalue weighted by Gasteiger charge is 2.32. The van der Waals surface area contributed by atoms with E-state index in [0.717, 1.165) is 40.1 Å². The Morgan fingerprint density at radius 1 is 0.976 bits per heavy atom. The van der Waals surface area contributed by atoms with Gasteiger partial charge in [0.25, 0.3) is 0 Å². The summed E-state index contributed by atoms with van der Waals surface area (Å²) in [6.07, 6.45) is 2.55. The lowest BCUT2D eigenvalue weighted by molar-refractivity contribution is -0.135. The highest BCUT2D eigenvalue weighted by molar-refractivity contribution is 5.93. The number of aryl methyl sites for hydroxylation is 2. The van der Waals surface area contributed by atoms with Crippen LogP contribution in [-0.2, 0) is 22.6 Å². The summed E-state index contributed by atoms with van der Waals surface area (Å²) in [5.41, 5.74) is 5.26. The standard InChI is InChI=1S/C33H35N3O6/c1-22-18-25(19-23(2)30(22)41-21-24-8-4-3-5-9-24)20-29(31(37)38)42-33(40)35-15-13-27(14-16-35)36-17-12-26-10-6-7-11-28(26)34-32(36)39/h3-11,18-20,27H,12-17,21H2,1-2H3,(H,34,39)(H,37,38)/b29-20-. The molecule has 9 nitrogen and oxygen atoms in total. The van der Waals surface area contributed by atoms with Gasteiger partial charge in [0.2, 0.25) is 5.76 Å². The van der Waals surface area contributed by atoms with Crippen molar-refractivity contribution in [2.45, 2.75) is 45.8 Å². The topological polar surface area (TPSA) is 108 Å². The predicted octanol–water partition coefficient (Wildman–Crippen LogP) is 6.00. The third-order valence-corrected chi connectivity index (χ3v) is 7.72. The number of urea groups is 1. The van der Waals surface area contributed by atoms with Crippen LogP contribution >= 0.6 is 0 Å². The normalized spacial score (nSPS) is 15.9. The third-order valence-electron chi connectivity index (χ3n) is 7.72. The fourth-order valence-corrected chi connectivity index (χ4v) is 5.57. The number of likely N-dealkylation sites (tertiary alicyclic amines) is 1. The number of anilines is 1. The average molecular weight is 570 g/mol. The van der Waals surface area contributed by atoms with Gasteiger partial charge >= 0.3 is 18.1 Å². The lowest BCUT2D eigenvalue weighted by atomic mass is 10.0. The Morgan fingerprint density at radius 2 is 1.64 bits per heavy atom. The molecular weight excluding hydrogens is 534 g/mol. The first kappa shape index (κ1) is 28.7. The van der Waals surface area contributed by atoms with Crippen LogP contribution < -0.4 is 10.1 Å². The van der Waals surface area contributed by atoms with Crippen molar-refractivity contribution < 1.29 is 29.0 Å². The SMILES string of the molecule is Cc1cc(/C=C(\OC(=O)N2CCC(N3CCc4ccccc4NC3=O)CC2)C(=O)O)cc(C)c1OCc1ccccc1. The largest absolute Gasteiger partial charge is 0.488 e. The molecule has 0 unspecified atom stereocenters. The molecule has 42 heavy (non-hydrogen) atoms. The maximum Gasteiger partial charge on any atom is 0.415 e. The van der Waals surface area contributed by atoms with Gasteiger partial charge in [0.05, 0.1) is 0 Å². The molecule has 3 aromatic carbocycles. The Labute approximate surface area is 245 Å². The summed E-state index contributed by atoms with van der Waals surface area (Å²) in [6, 6.07) is 21.1. The molecule has 0 bridgehead atoms. The van der Waals surface area contributed by atoms with E-state index in [1.165, 1.54) is 11.0 Å². The molecule has 5 rings (SSSR count). The molecule has 3 aromatic rings. The molecule has 2 heterocycles. The molecule has 2 aliphatic heterocycles. The number of nitrogens with zero attached hydrogens (tertiary/aromatic N) is 2. The minimum atomic E-state index is -1.33. The number of carbonyl (C=O) groups is 3. The number of carbonyl (C=O) groups excluding carboxylic acids is 2. The van der Waals surface area contributed by atoms with Crippen LogP contribution in [0.15, 0.2) is 72.5 Å². The maximum atomic E-state index is 12.9. The zero-order chi connectivity index (χ0) is 29.6. The highest BCUT2D eigenvalue weighted by Crippen LogP contribution is 2.28. The molecule has 0 aromatic heterocycles. The third kappa shape index (κ3) is 6.74. The van der Waals surface area contributed by atoms with Crippen molar-refractivity contribution in [1.82, 2.24) is 9.80 Å². The molecular formula is C33H35N3O6. The van der Waals surface area contributed by atoms with Crippen molar-refractivity contribution in [3.8, 4) is 5.75 Å². The van der Waals surface area contributed by atoms with Gasteiger partial charge in [0, 0.05) is 31.4 Å². The fraction of sp³-hybridized carbons (Fsp3) is 0.303. The van der Waals surface area contributed by atoms with Crippen molar-refractivity contribution in [1.29, 1.82) is 0 Å². The molecule has 0 spiro atoms. The second kappa shape index (κ2) is 12.8. The number of piperidine rings is 1. The number of hydrogen-bond acceptors (Lipinski definition) is 5. The van der Waals surface area contributed by atoms with E-state index < -0.39 is 17.8 Å². The number of aliphatic carboxylic acids is 1. The summed E-state index contributed by atoms with van der Waals surface area (Å²) < 4.78 is 11.4. The molecule has 2 aliphatic rings. The number of rotatable bonds is 7. The molecule has 3 amide bonds. The van der Waals surface area contributed by atoms with Gasteiger partial charge < -0.3 is 29.7 Å². The van der Waals surface area contributed by atoms with E-state index in [9.17, 15) is 19.5 Å². The van der Waals surface area contributed by atoms with Crippen LogP contribution in [0.3, 0.4) is 0 Å². The van der Waals surface area contributed by atoms with Gasteiger partial charge in [0.15, 0.2) is 0 Å². The molecule has 0 saturated carbocycles. The smallest absolute Gasteiger partial charge is 0.415 e. The Morgan fingerprint density at radius 3 is 2.33 bits per heavy atom. The molecule has 0 aliphatic carbocycles. The number of amides is 3. The zero-order valence-electron chi connectivity index (χ0n) is 23.8. The van der Waals surface area contributed by atoms with E-state index in [-0.39, 0.29) is 12.1 Å². The minimum Gasteiger partial charge on any atom is -0.488 e. The van der Waals surface area contributed by atoms with Crippen molar-refractivity contribution in [2.75, 3.05) is 25.0 Å². The number of carboxylic acid groups (broad SMARTS) is 1. The number of fused-ring (bicyclic) bond motifs is 1. The van der Waals surface area contributed by atoms with Gasteiger partial charge in [-0.25, -0.2) is 14.4 Å². The van der Waals surface area contributed by atoms with Gasteiger partial charge in [-0.15, -0.1) is 0 Å². The lowest BCUT2D eigenvalue weighted by Gasteiger charge is -2.37. The van der Waals surface area contributed by atoms with Gasteiger partial charge in [-0.2, -0.15) is 0 Å². The lowest BCUT2D eigenvalue weighted by Crippen LogP contribution is -2.50. The summed E-state index contributed by atoms with van der Waals surface area (Å²) >= 11 is 0. The Balaban J connectivity index is 1.19. The Kier molecular flexibility index (Phi) is 8.76. The van der Waals surface area contributed by atoms with Crippen LogP contribution in [-0.4, -0.2) is 58.7 Å². The number of nitrogens with one attached hydrogen (secondary N) is 1. The Bertz CT molecular complexity index is 1470. The van der Waals surface area contributed by atoms with Crippen molar-refractivity contribution in [3.63, 3.8) is 0 Å². The first-order valence-corrected chi connectivity index (χ1v) is 14.1. The van der Waals surface area contributed by atoms with Gasteiger partial charge in [-0.3, -0.25) is 0 Å². The van der Waals surface area contributed by atoms with E-state index in [4.69, 9.17) is 9.47 Å². The van der Waals surface area contributed by atoms with Gasteiger partial charge in [-0.1, -0.05) is 48.5 Å². The highest BCUT2D eigenvalue weighted by atomic mass is 16.6. The van der Waals surface area contributed by atoms with E-state index in [0.29, 0.717) is 44.6 Å². The average Bonchev–Trinajstić information content (AvgIpc) is 3.15. The first-order valence-electron chi connectivity index (χ1n) is 14.1. The molecule has 1 fully saturated rings. The van der Waals surface area contributed by atoms with Crippen molar-refractivity contribution in [3.05, 3.63) is 100 Å². The van der Waals surface area contributed by atoms with Gasteiger partial charge in [0.1, 0.15) is 12.4 Å². The van der Waals surface area contributed by atoms with E-state index in [2.05, 4.69) is 5.32 Å². The monoisotopic (exact) mass is 569 g/mol. The first-order chi connectivity index (χ1) is 20.3. The molecule has 9 heteroatoms. The van der Waals surface area contributed by atoms with Crippen LogP contribution in [0.2, 0.25) is 0 Å². The number of ether oxygens (including phenoxy) is 2. The molecule has 1 saturated heterocycles. The minimum absolute atomic E-state index is 0.0218. The predicted molar refractivity (Wildman–Crippen MR) is 159 cm³/mol. The molecule has 0 atom stereocenters. The number of benzene rings is 3. The number of hydrogen-bond donors (Lipinski definition) is 2. The Hall–Kier alpha value is -4.79. The maximum absolute atomic E-state index is 12.9. The van der Waals surface area contributed by atoms with Gasteiger partial charge in [-0.05, 0) is 85.2 Å². The van der Waals surface area contributed by atoms with E-state index in [1.54, 1.807) is 12.1 Å². The second-order valence-electron chi connectivity index (χ2n) is 10.7. The number of carboxylic acids is 1. The van der Waals surface area contributed by atoms with Crippen LogP contribution in [0.5, 0.6) is 5.75 Å². The number of para-hydroxylation sites is 1. The van der Waals surface area contributed by atoms with E-state index in [1.807, 2.05) is 73.3 Å². The van der Waals surface area contributed by atoms with Crippen LogP contribution in [0.4, 0.5) is 15.3 Å². The van der Waals surface area contributed by atoms with Crippen LogP contribution in [0, 0.1) is 13.8 Å². The molecule has 218 valence electrons. The van der Waals surface area contributed by atoms with Crippen LogP contribution in [0.1, 0.15) is 40.7 Å². The van der Waals surface area contributed by atoms with Crippen LogP contribution in [0.25, 0.3) is 6.08 Å². The van der Waals surface area contributed by atoms with E-state index >= 15 is 0 Å². The van der Waals surface area contributed by atoms with Crippen molar-refractivity contribution in [2.24, 2.45) is 0 Å². The quantitative estimate of drug-likeness (QED) is 0.267. The second-order valence-corrected chi connectivity index (χ2v) is 10.7. The summed E-state index contributed by atoms with van der Waals surface area (Å²) in [5.74, 6) is -1.06. The summed E-state index contributed by atoms with van der Waals surface area (Å²) in [7, 11) is 0.